The number of aryl methyl sites for hydroxylation is 1. The number of hydrogen-bond donors (Lipinski definition) is 1. The molecule has 5 nitrogen and oxygen atoms in total. The number of methoxy groups -OCH3 is 1. The third-order valence-corrected chi connectivity index (χ3v) is 4.80. The largest absolute Gasteiger partial charge is 0.497 e. The summed E-state index contributed by atoms with van der Waals surface area (Å²) in [6.45, 7) is 6.16. The first-order valence-corrected chi connectivity index (χ1v) is 9.18. The van der Waals surface area contributed by atoms with Gasteiger partial charge in [0.25, 0.3) is 0 Å². The molecule has 26 heavy (non-hydrogen) atoms. The van der Waals surface area contributed by atoms with Crippen LogP contribution in [0.4, 0.5) is 11.4 Å². The molecule has 1 N–H and O–H groups in total. The van der Waals surface area contributed by atoms with Crippen molar-refractivity contribution in [1.29, 1.82) is 0 Å². The second kappa shape index (κ2) is 8.72. The molecule has 0 aliphatic carbocycles. The Hall–Kier alpha value is -2.53. The number of carbonyl (C=O) groups is 1. The van der Waals surface area contributed by atoms with Gasteiger partial charge in [0.05, 0.1) is 13.7 Å². The fraction of sp³-hybridized carbons (Fsp3) is 0.381. The van der Waals surface area contributed by atoms with E-state index in [1.807, 2.05) is 30.3 Å². The predicted molar refractivity (Wildman–Crippen MR) is 106 cm³/mol. The quantitative estimate of drug-likeness (QED) is 0.867. The number of hydrogen-bond acceptors (Lipinski definition) is 4. The average Bonchev–Trinajstić information content (AvgIpc) is 2.69. The van der Waals surface area contributed by atoms with Crippen LogP contribution in [0.1, 0.15) is 12.5 Å². The molecule has 3 rings (SSSR count). The number of ether oxygens (including phenoxy) is 1. The maximum atomic E-state index is 12.3. The standard InChI is InChI=1S/C21H27N3O2/c1-3-17-5-4-6-18(15-17)22-21(25)16-23-11-13-24(14-12-23)19-7-9-20(26-2)10-8-19/h4-10,15H,3,11-14,16H2,1-2H3,(H,22,25). The monoisotopic (exact) mass is 353 g/mol. The lowest BCUT2D eigenvalue weighted by Crippen LogP contribution is -2.48. The molecule has 1 saturated heterocycles. The third kappa shape index (κ3) is 4.76. The average molecular weight is 353 g/mol. The number of piperazine rings is 1. The van der Waals surface area contributed by atoms with Crippen LogP contribution < -0.4 is 15.0 Å². The van der Waals surface area contributed by atoms with E-state index in [0.717, 1.165) is 44.0 Å². The van der Waals surface area contributed by atoms with Crippen molar-refractivity contribution < 1.29 is 9.53 Å². The van der Waals surface area contributed by atoms with Crippen LogP contribution in [0, 0.1) is 0 Å². The van der Waals surface area contributed by atoms with Crippen molar-refractivity contribution in [2.24, 2.45) is 0 Å². The maximum Gasteiger partial charge on any atom is 0.238 e. The zero-order valence-electron chi connectivity index (χ0n) is 15.6. The first-order valence-electron chi connectivity index (χ1n) is 9.18. The van der Waals surface area contributed by atoms with Gasteiger partial charge in [-0.15, -0.1) is 0 Å². The van der Waals surface area contributed by atoms with Crippen molar-refractivity contribution in [1.82, 2.24) is 4.90 Å². The summed E-state index contributed by atoms with van der Waals surface area (Å²) in [4.78, 5) is 16.9. The maximum absolute atomic E-state index is 12.3. The van der Waals surface area contributed by atoms with Crippen molar-refractivity contribution in [2.75, 3.05) is 50.1 Å². The second-order valence-electron chi connectivity index (χ2n) is 6.56. The molecule has 0 aromatic heterocycles. The van der Waals surface area contributed by atoms with E-state index in [0.29, 0.717) is 6.54 Å². The van der Waals surface area contributed by atoms with Gasteiger partial charge in [-0.25, -0.2) is 0 Å². The molecular formula is C21H27N3O2. The van der Waals surface area contributed by atoms with Crippen LogP contribution >= 0.6 is 0 Å². The van der Waals surface area contributed by atoms with Crippen LogP contribution in [-0.2, 0) is 11.2 Å². The van der Waals surface area contributed by atoms with Gasteiger partial charge in [0.15, 0.2) is 0 Å². The van der Waals surface area contributed by atoms with Crippen LogP contribution in [0.25, 0.3) is 0 Å². The van der Waals surface area contributed by atoms with Gasteiger partial charge < -0.3 is 15.0 Å². The minimum Gasteiger partial charge on any atom is -0.497 e. The van der Waals surface area contributed by atoms with Crippen LogP contribution in [0.3, 0.4) is 0 Å². The highest BCUT2D eigenvalue weighted by Crippen LogP contribution is 2.20. The molecule has 1 aliphatic rings. The summed E-state index contributed by atoms with van der Waals surface area (Å²) in [5.74, 6) is 0.923. The summed E-state index contributed by atoms with van der Waals surface area (Å²) < 4.78 is 5.21. The summed E-state index contributed by atoms with van der Waals surface area (Å²) in [7, 11) is 1.68. The van der Waals surface area contributed by atoms with E-state index in [2.05, 4.69) is 40.2 Å². The summed E-state index contributed by atoms with van der Waals surface area (Å²) >= 11 is 0. The fourth-order valence-electron chi connectivity index (χ4n) is 3.23. The van der Waals surface area contributed by atoms with Gasteiger partial charge in [0.1, 0.15) is 5.75 Å². The lowest BCUT2D eigenvalue weighted by Gasteiger charge is -2.35. The molecule has 5 heteroatoms. The molecule has 0 saturated carbocycles. The topological polar surface area (TPSA) is 44.8 Å². The molecule has 0 bridgehead atoms. The first kappa shape index (κ1) is 18.3. The van der Waals surface area contributed by atoms with Crippen LogP contribution in [0.5, 0.6) is 5.75 Å². The lowest BCUT2D eigenvalue weighted by molar-refractivity contribution is -0.117. The van der Waals surface area contributed by atoms with Crippen LogP contribution in [0.2, 0.25) is 0 Å². The summed E-state index contributed by atoms with van der Waals surface area (Å²) in [5, 5.41) is 3.01. The number of nitrogens with zero attached hydrogens (tertiary/aromatic N) is 2. The Morgan fingerprint density at radius 2 is 1.81 bits per heavy atom. The van der Waals surface area contributed by atoms with E-state index < -0.39 is 0 Å². The molecule has 0 atom stereocenters. The molecule has 0 unspecified atom stereocenters. The Labute approximate surface area is 155 Å². The van der Waals surface area contributed by atoms with Crippen molar-refractivity contribution in [3.8, 4) is 5.75 Å². The van der Waals surface area contributed by atoms with Gasteiger partial charge >= 0.3 is 0 Å². The van der Waals surface area contributed by atoms with Gasteiger partial charge in [-0.2, -0.15) is 0 Å². The highest BCUT2D eigenvalue weighted by atomic mass is 16.5. The first-order chi connectivity index (χ1) is 12.7. The van der Waals surface area contributed by atoms with Gasteiger partial charge in [0.2, 0.25) is 5.91 Å². The number of amides is 1. The van der Waals surface area contributed by atoms with Crippen molar-refractivity contribution in [3.63, 3.8) is 0 Å². The van der Waals surface area contributed by atoms with Gasteiger partial charge in [-0.1, -0.05) is 19.1 Å². The van der Waals surface area contributed by atoms with Gasteiger partial charge in [-0.3, -0.25) is 9.69 Å². The smallest absolute Gasteiger partial charge is 0.238 e. The van der Waals surface area contributed by atoms with Crippen molar-refractivity contribution in [2.45, 2.75) is 13.3 Å². The van der Waals surface area contributed by atoms with Crippen molar-refractivity contribution >= 4 is 17.3 Å². The molecule has 0 spiro atoms. The number of carbonyl (C=O) groups excluding carboxylic acids is 1. The molecule has 1 fully saturated rings. The van der Waals surface area contributed by atoms with E-state index >= 15 is 0 Å². The number of rotatable bonds is 6. The third-order valence-electron chi connectivity index (χ3n) is 4.80. The minimum absolute atomic E-state index is 0.0520. The van der Waals surface area contributed by atoms with Crippen molar-refractivity contribution in [3.05, 3.63) is 54.1 Å². The highest BCUT2D eigenvalue weighted by Gasteiger charge is 2.19. The van der Waals surface area contributed by atoms with Crippen LogP contribution in [-0.4, -0.2) is 50.6 Å². The van der Waals surface area contributed by atoms with E-state index in [4.69, 9.17) is 4.74 Å². The molecule has 1 aliphatic heterocycles. The molecule has 1 amide bonds. The molecular weight excluding hydrogens is 326 g/mol. The highest BCUT2D eigenvalue weighted by molar-refractivity contribution is 5.92. The normalized spacial score (nSPS) is 14.9. The number of nitrogens with one attached hydrogen (secondary N) is 1. The van der Waals surface area contributed by atoms with E-state index in [1.54, 1.807) is 7.11 Å². The number of benzene rings is 2. The Kier molecular flexibility index (Phi) is 6.12. The molecule has 2 aromatic rings. The Balaban J connectivity index is 1.47. The SMILES string of the molecule is CCc1cccc(NC(=O)CN2CCN(c3ccc(OC)cc3)CC2)c1. The number of anilines is 2. The van der Waals surface area contributed by atoms with E-state index in [1.165, 1.54) is 11.3 Å². The Bertz CT molecular complexity index is 722. The van der Waals surface area contributed by atoms with E-state index in [-0.39, 0.29) is 5.91 Å². The summed E-state index contributed by atoms with van der Waals surface area (Å²) in [5.41, 5.74) is 3.31. The van der Waals surface area contributed by atoms with E-state index in [9.17, 15) is 4.79 Å². The summed E-state index contributed by atoms with van der Waals surface area (Å²) in [6, 6.07) is 16.2. The Morgan fingerprint density at radius 3 is 2.46 bits per heavy atom. The second-order valence-corrected chi connectivity index (χ2v) is 6.56. The zero-order valence-corrected chi connectivity index (χ0v) is 15.6. The fourth-order valence-corrected chi connectivity index (χ4v) is 3.23. The zero-order chi connectivity index (χ0) is 18.4. The summed E-state index contributed by atoms with van der Waals surface area (Å²) in [6.07, 6.45) is 0.969. The molecule has 138 valence electrons. The van der Waals surface area contributed by atoms with Gasteiger partial charge in [-0.05, 0) is 48.4 Å². The molecule has 0 radical (unpaired) electrons. The molecule has 2 aromatic carbocycles. The van der Waals surface area contributed by atoms with Crippen LogP contribution in [0.15, 0.2) is 48.5 Å². The Morgan fingerprint density at radius 1 is 1.08 bits per heavy atom. The molecule has 1 heterocycles. The lowest BCUT2D eigenvalue weighted by atomic mass is 10.1. The predicted octanol–water partition coefficient (Wildman–Crippen LogP) is 3.02. The minimum atomic E-state index is 0.0520. The van der Waals surface area contributed by atoms with Gasteiger partial charge in [0, 0.05) is 37.6 Å².